The van der Waals surface area contributed by atoms with Crippen molar-refractivity contribution < 1.29 is 9.90 Å². The van der Waals surface area contributed by atoms with E-state index in [1.54, 1.807) is 18.1 Å². The predicted molar refractivity (Wildman–Crippen MR) is 138 cm³/mol. The highest BCUT2D eigenvalue weighted by Crippen LogP contribution is 2.30. The number of fused-ring (bicyclic) bond motifs is 1. The van der Waals surface area contributed by atoms with Crippen molar-refractivity contribution in [1.82, 2.24) is 9.88 Å². The maximum absolute atomic E-state index is 13.0. The molecule has 0 saturated carbocycles. The van der Waals surface area contributed by atoms with Gasteiger partial charge in [-0.2, -0.15) is 0 Å². The van der Waals surface area contributed by atoms with Gasteiger partial charge in [0.1, 0.15) is 0 Å². The summed E-state index contributed by atoms with van der Waals surface area (Å²) in [7, 11) is 0. The molecule has 5 rings (SSSR count). The standard InChI is InChI=1S/C28H27N3O2S/c32-27(31-17-14-28(33,15-18-31)19-21-5-2-1-3-6-21)22-9-11-24(12-10-22)30-34-26-8-4-7-23-20-29-16-13-25(23)26/h1-13,16,20,30,33H,14-15,17-19H2. The minimum Gasteiger partial charge on any atom is -0.389 e. The van der Waals surface area contributed by atoms with Crippen molar-refractivity contribution in [3.63, 3.8) is 0 Å². The fourth-order valence-corrected chi connectivity index (χ4v) is 5.24. The second-order valence-corrected chi connectivity index (χ2v) is 9.66. The average Bonchev–Trinajstić information content (AvgIpc) is 2.88. The van der Waals surface area contributed by atoms with Gasteiger partial charge in [0.05, 0.1) is 5.60 Å². The summed E-state index contributed by atoms with van der Waals surface area (Å²) < 4.78 is 3.37. The summed E-state index contributed by atoms with van der Waals surface area (Å²) in [4.78, 5) is 20.2. The molecule has 0 radical (unpaired) electrons. The number of carbonyl (C=O) groups excluding carboxylic acids is 1. The summed E-state index contributed by atoms with van der Waals surface area (Å²) >= 11 is 1.54. The van der Waals surface area contributed by atoms with Crippen molar-refractivity contribution in [2.75, 3.05) is 17.8 Å². The van der Waals surface area contributed by atoms with E-state index < -0.39 is 5.60 Å². The summed E-state index contributed by atoms with van der Waals surface area (Å²) in [6.07, 6.45) is 5.47. The normalized spacial score (nSPS) is 15.3. The number of piperidine rings is 1. The van der Waals surface area contributed by atoms with Crippen LogP contribution >= 0.6 is 11.9 Å². The van der Waals surface area contributed by atoms with Gasteiger partial charge in [-0.05, 0) is 66.8 Å². The van der Waals surface area contributed by atoms with E-state index in [4.69, 9.17) is 0 Å². The Hall–Kier alpha value is -3.35. The van der Waals surface area contributed by atoms with Crippen molar-refractivity contribution in [2.24, 2.45) is 0 Å². The third kappa shape index (κ3) is 5.08. The van der Waals surface area contributed by atoms with Gasteiger partial charge in [-0.15, -0.1) is 0 Å². The lowest BCUT2D eigenvalue weighted by Gasteiger charge is -2.38. The number of aromatic nitrogens is 1. The van der Waals surface area contributed by atoms with E-state index in [9.17, 15) is 9.90 Å². The number of anilines is 1. The van der Waals surface area contributed by atoms with Gasteiger partial charge in [-0.1, -0.05) is 42.5 Å². The van der Waals surface area contributed by atoms with Crippen LogP contribution in [0.1, 0.15) is 28.8 Å². The molecule has 0 aliphatic carbocycles. The molecule has 2 N–H and O–H groups in total. The van der Waals surface area contributed by atoms with Gasteiger partial charge in [0.2, 0.25) is 0 Å². The molecule has 172 valence electrons. The van der Waals surface area contributed by atoms with Crippen LogP contribution in [0.4, 0.5) is 5.69 Å². The third-order valence-electron chi connectivity index (χ3n) is 6.41. The molecule has 3 aromatic carbocycles. The number of likely N-dealkylation sites (tertiary alicyclic amines) is 1. The molecule has 0 spiro atoms. The van der Waals surface area contributed by atoms with Gasteiger partial charge in [0, 0.05) is 58.8 Å². The van der Waals surface area contributed by atoms with E-state index in [1.807, 2.05) is 77.8 Å². The molecule has 1 amide bonds. The monoisotopic (exact) mass is 469 g/mol. The first-order valence-electron chi connectivity index (χ1n) is 11.5. The Bertz CT molecular complexity index is 1260. The minimum atomic E-state index is -0.749. The molecule has 4 aromatic rings. The van der Waals surface area contributed by atoms with Gasteiger partial charge >= 0.3 is 0 Å². The molecule has 34 heavy (non-hydrogen) atoms. The Balaban J connectivity index is 1.17. The highest BCUT2D eigenvalue weighted by molar-refractivity contribution is 8.00. The molecule has 1 fully saturated rings. The fourth-order valence-electron chi connectivity index (χ4n) is 4.44. The molecular weight excluding hydrogens is 442 g/mol. The van der Waals surface area contributed by atoms with Crippen LogP contribution in [0.2, 0.25) is 0 Å². The van der Waals surface area contributed by atoms with Gasteiger partial charge in [-0.25, -0.2) is 0 Å². The predicted octanol–water partition coefficient (Wildman–Crippen LogP) is 5.56. The van der Waals surface area contributed by atoms with E-state index in [2.05, 4.69) is 21.8 Å². The molecule has 6 heteroatoms. The van der Waals surface area contributed by atoms with E-state index in [0.717, 1.165) is 26.9 Å². The number of carbonyl (C=O) groups is 1. The number of hydrogen-bond acceptors (Lipinski definition) is 5. The van der Waals surface area contributed by atoms with Gasteiger partial charge < -0.3 is 14.7 Å². The highest BCUT2D eigenvalue weighted by atomic mass is 32.2. The zero-order valence-electron chi connectivity index (χ0n) is 18.9. The van der Waals surface area contributed by atoms with Crippen molar-refractivity contribution in [2.45, 2.75) is 29.8 Å². The average molecular weight is 470 g/mol. The van der Waals surface area contributed by atoms with Crippen LogP contribution in [-0.4, -0.2) is 39.6 Å². The lowest BCUT2D eigenvalue weighted by Crippen LogP contribution is -2.47. The number of benzene rings is 3. The maximum Gasteiger partial charge on any atom is 0.253 e. The minimum absolute atomic E-state index is 0.0162. The molecule has 2 heterocycles. The zero-order valence-corrected chi connectivity index (χ0v) is 19.7. The van der Waals surface area contributed by atoms with Crippen molar-refractivity contribution in [1.29, 1.82) is 0 Å². The SMILES string of the molecule is O=C(c1ccc(NSc2cccc3cnccc23)cc1)N1CCC(O)(Cc2ccccc2)CC1. The molecule has 0 atom stereocenters. The molecule has 1 aliphatic rings. The van der Waals surface area contributed by atoms with Gasteiger partial charge in [0.15, 0.2) is 0 Å². The van der Waals surface area contributed by atoms with Crippen LogP contribution < -0.4 is 4.72 Å². The largest absolute Gasteiger partial charge is 0.389 e. The smallest absolute Gasteiger partial charge is 0.253 e. The number of aliphatic hydroxyl groups is 1. The molecule has 1 aromatic heterocycles. The van der Waals surface area contributed by atoms with Crippen LogP contribution in [0.5, 0.6) is 0 Å². The lowest BCUT2D eigenvalue weighted by molar-refractivity contribution is -0.0162. The van der Waals surface area contributed by atoms with Crippen molar-refractivity contribution >= 4 is 34.3 Å². The summed E-state index contributed by atoms with van der Waals surface area (Å²) in [5.41, 5.74) is 1.98. The first-order valence-corrected chi connectivity index (χ1v) is 12.3. The number of rotatable bonds is 6. The third-order valence-corrected chi connectivity index (χ3v) is 7.32. The molecule has 5 nitrogen and oxygen atoms in total. The quantitative estimate of drug-likeness (QED) is 0.362. The van der Waals surface area contributed by atoms with E-state index in [1.165, 1.54) is 0 Å². The molecule has 1 aliphatic heterocycles. The summed E-state index contributed by atoms with van der Waals surface area (Å²) in [6, 6.07) is 25.8. The summed E-state index contributed by atoms with van der Waals surface area (Å²) in [5, 5.41) is 13.3. The number of amides is 1. The molecule has 0 unspecified atom stereocenters. The molecule has 0 bridgehead atoms. The van der Waals surface area contributed by atoms with Crippen molar-refractivity contribution in [3.05, 3.63) is 102 Å². The Labute approximate surface area is 204 Å². The van der Waals surface area contributed by atoms with Crippen LogP contribution in [0.25, 0.3) is 10.8 Å². The lowest BCUT2D eigenvalue weighted by atomic mass is 9.85. The Morgan fingerprint density at radius 2 is 1.74 bits per heavy atom. The number of nitrogens with one attached hydrogen (secondary N) is 1. The maximum atomic E-state index is 13.0. The number of hydrogen-bond donors (Lipinski definition) is 2. The first-order chi connectivity index (χ1) is 16.6. The highest BCUT2D eigenvalue weighted by Gasteiger charge is 2.34. The van der Waals surface area contributed by atoms with E-state index in [0.29, 0.717) is 37.9 Å². The van der Waals surface area contributed by atoms with Crippen LogP contribution in [0.3, 0.4) is 0 Å². The Morgan fingerprint density at radius 3 is 2.50 bits per heavy atom. The van der Waals surface area contributed by atoms with Crippen LogP contribution in [0.15, 0.2) is 96.2 Å². The van der Waals surface area contributed by atoms with Crippen molar-refractivity contribution in [3.8, 4) is 0 Å². The van der Waals surface area contributed by atoms with E-state index in [-0.39, 0.29) is 5.91 Å². The Morgan fingerprint density at radius 1 is 0.971 bits per heavy atom. The van der Waals surface area contributed by atoms with Crippen LogP contribution in [-0.2, 0) is 6.42 Å². The zero-order chi connectivity index (χ0) is 23.4. The summed E-state index contributed by atoms with van der Waals surface area (Å²) in [5.74, 6) is 0.0162. The van der Waals surface area contributed by atoms with Gasteiger partial charge in [-0.3, -0.25) is 9.78 Å². The molecule has 1 saturated heterocycles. The molecular formula is C28H27N3O2S. The topological polar surface area (TPSA) is 65.5 Å². The second kappa shape index (κ2) is 9.87. The second-order valence-electron chi connectivity index (χ2n) is 8.81. The summed E-state index contributed by atoms with van der Waals surface area (Å²) in [6.45, 7) is 1.13. The number of nitrogens with zero attached hydrogens (tertiary/aromatic N) is 2. The first kappa shape index (κ1) is 22.4. The Kier molecular flexibility index (Phi) is 6.52. The van der Waals surface area contributed by atoms with E-state index >= 15 is 0 Å². The number of pyridine rings is 1. The van der Waals surface area contributed by atoms with Gasteiger partial charge in [0.25, 0.3) is 5.91 Å². The van der Waals surface area contributed by atoms with Crippen LogP contribution in [0, 0.1) is 0 Å². The fraction of sp³-hybridized carbons (Fsp3) is 0.214.